The summed E-state index contributed by atoms with van der Waals surface area (Å²) in [6.07, 6.45) is 0.662. The summed E-state index contributed by atoms with van der Waals surface area (Å²) < 4.78 is 26.3. The van der Waals surface area contributed by atoms with Gasteiger partial charge in [-0.2, -0.15) is 0 Å². The molecule has 0 bridgehead atoms. The second-order valence-electron chi connectivity index (χ2n) is 4.84. The summed E-state index contributed by atoms with van der Waals surface area (Å²) in [7, 11) is -3.20. The van der Waals surface area contributed by atoms with Gasteiger partial charge in [-0.1, -0.05) is 18.2 Å². The molecule has 1 aromatic carbocycles. The average Bonchev–Trinajstić information content (AvgIpc) is 2.31. The fourth-order valence-electron chi connectivity index (χ4n) is 2.23. The zero-order valence-electron chi connectivity index (χ0n) is 10.9. The van der Waals surface area contributed by atoms with Crippen molar-refractivity contribution in [2.75, 3.05) is 23.1 Å². The fourth-order valence-corrected chi connectivity index (χ4v) is 3.92. The molecule has 1 unspecified atom stereocenters. The van der Waals surface area contributed by atoms with Crippen LogP contribution >= 0.6 is 0 Å². The number of nitrogens with zero attached hydrogens (tertiary/aromatic N) is 1. The van der Waals surface area contributed by atoms with Crippen LogP contribution in [0.3, 0.4) is 0 Å². The van der Waals surface area contributed by atoms with Crippen molar-refractivity contribution in [3.8, 4) is 0 Å². The Morgan fingerprint density at radius 1 is 1.33 bits per heavy atom. The van der Waals surface area contributed by atoms with Crippen LogP contribution in [0.4, 0.5) is 5.69 Å². The van der Waals surface area contributed by atoms with Gasteiger partial charge < -0.3 is 5.32 Å². The Morgan fingerprint density at radius 3 is 2.78 bits per heavy atom. The van der Waals surface area contributed by atoms with Crippen molar-refractivity contribution in [2.45, 2.75) is 26.3 Å². The minimum Gasteiger partial charge on any atom is -0.312 e. The Labute approximate surface area is 109 Å². The number of benzene rings is 1. The van der Waals surface area contributed by atoms with Crippen molar-refractivity contribution in [1.82, 2.24) is 5.32 Å². The van der Waals surface area contributed by atoms with Gasteiger partial charge in [-0.15, -0.1) is 0 Å². The van der Waals surface area contributed by atoms with E-state index in [9.17, 15) is 8.42 Å². The van der Waals surface area contributed by atoms with E-state index in [2.05, 4.69) is 5.32 Å². The highest BCUT2D eigenvalue weighted by atomic mass is 32.2. The number of aryl methyl sites for hydroxylation is 1. The summed E-state index contributed by atoms with van der Waals surface area (Å²) in [6.45, 7) is 5.23. The summed E-state index contributed by atoms with van der Waals surface area (Å²) in [5.41, 5.74) is 1.79. The van der Waals surface area contributed by atoms with Gasteiger partial charge in [0, 0.05) is 12.6 Å². The number of rotatable bonds is 1. The standard InChI is InChI=1S/C13H20N2O2S/c1-11-6-3-4-7-13(11)15-10-12(2)14-8-5-9-18(15,16)17/h3-4,6-7,12,14H,5,8-10H2,1-2H3. The zero-order valence-corrected chi connectivity index (χ0v) is 11.7. The monoisotopic (exact) mass is 268 g/mol. The Morgan fingerprint density at radius 2 is 2.06 bits per heavy atom. The Kier molecular flexibility index (Phi) is 3.92. The maximum atomic E-state index is 12.4. The van der Waals surface area contributed by atoms with Crippen LogP contribution in [0.2, 0.25) is 0 Å². The smallest absolute Gasteiger partial charge is 0.235 e. The first-order valence-electron chi connectivity index (χ1n) is 6.30. The van der Waals surface area contributed by atoms with Gasteiger partial charge in [0.15, 0.2) is 0 Å². The van der Waals surface area contributed by atoms with Crippen LogP contribution in [0.1, 0.15) is 18.9 Å². The molecule has 0 amide bonds. The van der Waals surface area contributed by atoms with Gasteiger partial charge in [-0.05, 0) is 38.4 Å². The van der Waals surface area contributed by atoms with Crippen molar-refractivity contribution in [3.63, 3.8) is 0 Å². The largest absolute Gasteiger partial charge is 0.312 e. The Bertz CT molecular complexity index is 513. The lowest BCUT2D eigenvalue weighted by molar-refractivity contribution is 0.522. The molecule has 18 heavy (non-hydrogen) atoms. The molecule has 0 aliphatic carbocycles. The highest BCUT2D eigenvalue weighted by molar-refractivity contribution is 7.92. The number of anilines is 1. The number of para-hydroxylation sites is 1. The Hall–Kier alpha value is -1.07. The molecule has 0 spiro atoms. The van der Waals surface area contributed by atoms with Crippen LogP contribution in [-0.4, -0.2) is 33.3 Å². The van der Waals surface area contributed by atoms with Crippen LogP contribution in [0.5, 0.6) is 0 Å². The molecule has 1 aliphatic rings. The third kappa shape index (κ3) is 2.84. The third-order valence-electron chi connectivity index (χ3n) is 3.23. The van der Waals surface area contributed by atoms with Gasteiger partial charge >= 0.3 is 0 Å². The van der Waals surface area contributed by atoms with E-state index in [-0.39, 0.29) is 11.8 Å². The molecule has 5 heteroatoms. The maximum Gasteiger partial charge on any atom is 0.235 e. The van der Waals surface area contributed by atoms with Gasteiger partial charge in [0.25, 0.3) is 0 Å². The van der Waals surface area contributed by atoms with Crippen molar-refractivity contribution in [3.05, 3.63) is 29.8 Å². The van der Waals surface area contributed by atoms with Crippen molar-refractivity contribution < 1.29 is 8.42 Å². The molecule has 1 fully saturated rings. The summed E-state index contributed by atoms with van der Waals surface area (Å²) in [6, 6.07) is 7.80. The quantitative estimate of drug-likeness (QED) is 0.840. The molecule has 1 aliphatic heterocycles. The molecular formula is C13H20N2O2S. The molecule has 1 N–H and O–H groups in total. The van der Waals surface area contributed by atoms with E-state index in [1.807, 2.05) is 38.1 Å². The summed E-state index contributed by atoms with van der Waals surface area (Å²) in [5, 5.41) is 3.34. The molecule has 1 aromatic rings. The number of nitrogens with one attached hydrogen (secondary N) is 1. The van der Waals surface area contributed by atoms with E-state index in [1.54, 1.807) is 4.31 Å². The van der Waals surface area contributed by atoms with Crippen LogP contribution in [0.25, 0.3) is 0 Å². The van der Waals surface area contributed by atoms with Crippen LogP contribution in [0, 0.1) is 6.92 Å². The maximum absolute atomic E-state index is 12.4. The molecule has 0 saturated carbocycles. The van der Waals surface area contributed by atoms with Gasteiger partial charge in [0.1, 0.15) is 0 Å². The highest BCUT2D eigenvalue weighted by Gasteiger charge is 2.26. The fraction of sp³-hybridized carbons (Fsp3) is 0.538. The summed E-state index contributed by atoms with van der Waals surface area (Å²) in [4.78, 5) is 0. The molecule has 0 aromatic heterocycles. The molecule has 2 rings (SSSR count). The Balaban J connectivity index is 2.40. The molecule has 4 nitrogen and oxygen atoms in total. The van der Waals surface area contributed by atoms with Crippen LogP contribution in [0.15, 0.2) is 24.3 Å². The summed E-state index contributed by atoms with van der Waals surface area (Å²) in [5.74, 6) is 0.209. The molecule has 1 saturated heterocycles. The molecule has 1 atom stereocenters. The lowest BCUT2D eigenvalue weighted by Crippen LogP contribution is -2.46. The molecule has 100 valence electrons. The molecular weight excluding hydrogens is 248 g/mol. The first-order chi connectivity index (χ1) is 8.50. The summed E-state index contributed by atoms with van der Waals surface area (Å²) >= 11 is 0. The molecule has 0 radical (unpaired) electrons. The average molecular weight is 268 g/mol. The number of sulfonamides is 1. The second kappa shape index (κ2) is 5.28. The van der Waals surface area contributed by atoms with Crippen LogP contribution < -0.4 is 9.62 Å². The van der Waals surface area contributed by atoms with E-state index in [4.69, 9.17) is 0 Å². The minimum absolute atomic E-state index is 0.166. The normalized spacial score (nSPS) is 24.3. The number of hydrogen-bond acceptors (Lipinski definition) is 3. The number of hydrogen-bond donors (Lipinski definition) is 1. The van der Waals surface area contributed by atoms with Crippen molar-refractivity contribution in [2.24, 2.45) is 0 Å². The second-order valence-corrected chi connectivity index (χ2v) is 6.86. The van der Waals surface area contributed by atoms with E-state index >= 15 is 0 Å². The first-order valence-corrected chi connectivity index (χ1v) is 7.91. The lowest BCUT2D eigenvalue weighted by atomic mass is 10.2. The SMILES string of the molecule is Cc1ccccc1N1CC(C)NCCCS1(=O)=O. The predicted molar refractivity (Wildman–Crippen MR) is 74.4 cm³/mol. The third-order valence-corrected chi connectivity index (χ3v) is 5.05. The van der Waals surface area contributed by atoms with E-state index in [1.165, 1.54) is 0 Å². The topological polar surface area (TPSA) is 49.4 Å². The van der Waals surface area contributed by atoms with Gasteiger partial charge in [-0.3, -0.25) is 4.31 Å². The first kappa shape index (κ1) is 13.4. The van der Waals surface area contributed by atoms with E-state index in [0.29, 0.717) is 13.0 Å². The minimum atomic E-state index is -3.20. The predicted octanol–water partition coefficient (Wildman–Crippen LogP) is 1.51. The highest BCUT2D eigenvalue weighted by Crippen LogP contribution is 2.24. The zero-order chi connectivity index (χ0) is 13.2. The van der Waals surface area contributed by atoms with Crippen molar-refractivity contribution in [1.29, 1.82) is 0 Å². The van der Waals surface area contributed by atoms with E-state index < -0.39 is 10.0 Å². The van der Waals surface area contributed by atoms with Gasteiger partial charge in [0.05, 0.1) is 11.4 Å². The van der Waals surface area contributed by atoms with E-state index in [0.717, 1.165) is 17.8 Å². The lowest BCUT2D eigenvalue weighted by Gasteiger charge is -2.31. The van der Waals surface area contributed by atoms with Gasteiger partial charge in [0.2, 0.25) is 10.0 Å². The molecule has 1 heterocycles. The van der Waals surface area contributed by atoms with Crippen molar-refractivity contribution >= 4 is 15.7 Å². The van der Waals surface area contributed by atoms with Crippen LogP contribution in [-0.2, 0) is 10.0 Å². The van der Waals surface area contributed by atoms with Gasteiger partial charge in [-0.25, -0.2) is 8.42 Å².